The van der Waals surface area contributed by atoms with Crippen molar-refractivity contribution in [3.8, 4) is 0 Å². The number of carbonyl (C=O) groups excluding carboxylic acids is 1. The zero-order valence-electron chi connectivity index (χ0n) is 11.9. The molecule has 0 radical (unpaired) electrons. The number of carbonyl (C=O) groups is 1. The molecule has 0 saturated carbocycles. The van der Waals surface area contributed by atoms with E-state index >= 15 is 0 Å². The Morgan fingerprint density at radius 2 is 1.90 bits per heavy atom. The topological polar surface area (TPSA) is 39.2 Å². The summed E-state index contributed by atoms with van der Waals surface area (Å²) in [5.41, 5.74) is 0.459. The molecular formula is C16H18ClNO2. The van der Waals surface area contributed by atoms with Crippen molar-refractivity contribution >= 4 is 28.3 Å². The molecule has 20 heavy (non-hydrogen) atoms. The second-order valence-electron chi connectivity index (χ2n) is 5.35. The van der Waals surface area contributed by atoms with Gasteiger partial charge in [0.25, 0.3) is 0 Å². The van der Waals surface area contributed by atoms with Crippen molar-refractivity contribution in [3.63, 3.8) is 0 Å². The van der Waals surface area contributed by atoms with E-state index in [4.69, 9.17) is 16.3 Å². The van der Waals surface area contributed by atoms with Crippen molar-refractivity contribution in [2.45, 2.75) is 33.3 Å². The predicted molar refractivity (Wildman–Crippen MR) is 81.1 cm³/mol. The standard InChI is InChI=1S/C16H18ClNO2/c1-10(2)8-11(3)20-16(19)14-9-18-15(17)13-7-5-4-6-12(13)14/h4-7,9-11H,8H2,1-3H3. The molecular weight excluding hydrogens is 274 g/mol. The Balaban J connectivity index is 2.29. The van der Waals surface area contributed by atoms with Crippen molar-refractivity contribution in [1.29, 1.82) is 0 Å². The van der Waals surface area contributed by atoms with Crippen LogP contribution in [-0.4, -0.2) is 17.1 Å². The van der Waals surface area contributed by atoms with Crippen LogP contribution in [0.4, 0.5) is 0 Å². The van der Waals surface area contributed by atoms with Gasteiger partial charge in [-0.05, 0) is 19.3 Å². The minimum Gasteiger partial charge on any atom is -0.459 e. The van der Waals surface area contributed by atoms with E-state index in [1.165, 1.54) is 6.20 Å². The van der Waals surface area contributed by atoms with Crippen LogP contribution in [0.2, 0.25) is 5.15 Å². The highest BCUT2D eigenvalue weighted by Gasteiger charge is 2.17. The van der Waals surface area contributed by atoms with Crippen LogP contribution in [0.3, 0.4) is 0 Å². The summed E-state index contributed by atoms with van der Waals surface area (Å²) in [5, 5.41) is 1.93. The number of esters is 1. The van der Waals surface area contributed by atoms with Crippen LogP contribution >= 0.6 is 11.6 Å². The molecule has 4 heteroatoms. The number of rotatable bonds is 4. The molecule has 1 atom stereocenters. The second kappa shape index (κ2) is 6.23. The number of hydrogen-bond acceptors (Lipinski definition) is 3. The van der Waals surface area contributed by atoms with E-state index in [9.17, 15) is 4.79 Å². The van der Waals surface area contributed by atoms with Gasteiger partial charge in [0.15, 0.2) is 0 Å². The Bertz CT molecular complexity index is 625. The van der Waals surface area contributed by atoms with Gasteiger partial charge in [-0.15, -0.1) is 0 Å². The average molecular weight is 292 g/mol. The van der Waals surface area contributed by atoms with Crippen LogP contribution in [-0.2, 0) is 4.74 Å². The highest BCUT2D eigenvalue weighted by molar-refractivity contribution is 6.34. The zero-order valence-corrected chi connectivity index (χ0v) is 12.6. The van der Waals surface area contributed by atoms with Crippen LogP contribution in [0.5, 0.6) is 0 Å². The number of pyridine rings is 1. The lowest BCUT2D eigenvalue weighted by Gasteiger charge is -2.16. The van der Waals surface area contributed by atoms with Crippen molar-refractivity contribution < 1.29 is 9.53 Å². The number of aromatic nitrogens is 1. The number of ether oxygens (including phenoxy) is 1. The Kier molecular flexibility index (Phi) is 4.61. The fourth-order valence-corrected chi connectivity index (χ4v) is 2.49. The van der Waals surface area contributed by atoms with E-state index in [2.05, 4.69) is 18.8 Å². The van der Waals surface area contributed by atoms with Gasteiger partial charge < -0.3 is 4.74 Å². The molecule has 2 rings (SSSR count). The molecule has 2 aromatic rings. The van der Waals surface area contributed by atoms with Gasteiger partial charge in [-0.1, -0.05) is 49.7 Å². The van der Waals surface area contributed by atoms with Gasteiger partial charge in [0, 0.05) is 17.0 Å². The Hall–Kier alpha value is -1.61. The maximum absolute atomic E-state index is 12.3. The number of nitrogens with zero attached hydrogens (tertiary/aromatic N) is 1. The molecule has 0 amide bonds. The Morgan fingerprint density at radius 3 is 2.55 bits per heavy atom. The smallest absolute Gasteiger partial charge is 0.340 e. The summed E-state index contributed by atoms with van der Waals surface area (Å²) in [6.07, 6.45) is 2.21. The highest BCUT2D eigenvalue weighted by atomic mass is 35.5. The third kappa shape index (κ3) is 3.28. The largest absolute Gasteiger partial charge is 0.459 e. The van der Waals surface area contributed by atoms with Gasteiger partial charge in [-0.2, -0.15) is 0 Å². The maximum atomic E-state index is 12.3. The minimum absolute atomic E-state index is 0.114. The van der Waals surface area contributed by atoms with Gasteiger partial charge in [0.2, 0.25) is 0 Å². The number of fused-ring (bicyclic) bond motifs is 1. The molecule has 0 fully saturated rings. The maximum Gasteiger partial charge on any atom is 0.340 e. The van der Waals surface area contributed by atoms with E-state index in [0.717, 1.165) is 17.2 Å². The molecule has 0 aliphatic carbocycles. The molecule has 1 heterocycles. The van der Waals surface area contributed by atoms with Gasteiger partial charge in [0.1, 0.15) is 5.15 Å². The van der Waals surface area contributed by atoms with Crippen molar-refractivity contribution in [3.05, 3.63) is 41.2 Å². The highest BCUT2D eigenvalue weighted by Crippen LogP contribution is 2.25. The van der Waals surface area contributed by atoms with Crippen LogP contribution < -0.4 is 0 Å². The lowest BCUT2D eigenvalue weighted by Crippen LogP contribution is -2.17. The normalized spacial score (nSPS) is 12.7. The summed E-state index contributed by atoms with van der Waals surface area (Å²) in [6.45, 7) is 6.11. The summed E-state index contributed by atoms with van der Waals surface area (Å²) < 4.78 is 5.47. The fourth-order valence-electron chi connectivity index (χ4n) is 2.28. The van der Waals surface area contributed by atoms with E-state index in [1.54, 1.807) is 0 Å². The molecule has 0 spiro atoms. The minimum atomic E-state index is -0.349. The monoisotopic (exact) mass is 291 g/mol. The lowest BCUT2D eigenvalue weighted by molar-refractivity contribution is 0.0301. The molecule has 3 nitrogen and oxygen atoms in total. The van der Waals surface area contributed by atoms with Crippen molar-refractivity contribution in [2.24, 2.45) is 5.92 Å². The molecule has 1 aromatic heterocycles. The first kappa shape index (κ1) is 14.8. The quantitative estimate of drug-likeness (QED) is 0.616. The Labute approximate surface area is 123 Å². The first-order chi connectivity index (χ1) is 9.49. The zero-order chi connectivity index (χ0) is 14.7. The summed E-state index contributed by atoms with van der Waals surface area (Å²) in [5.74, 6) is 0.136. The summed E-state index contributed by atoms with van der Waals surface area (Å²) >= 11 is 6.05. The van der Waals surface area contributed by atoms with Crippen LogP contribution in [0.25, 0.3) is 10.8 Å². The van der Waals surface area contributed by atoms with Gasteiger partial charge in [-0.25, -0.2) is 9.78 Å². The second-order valence-corrected chi connectivity index (χ2v) is 5.71. The van der Waals surface area contributed by atoms with Gasteiger partial charge >= 0.3 is 5.97 Å². The van der Waals surface area contributed by atoms with Gasteiger partial charge in [0.05, 0.1) is 11.7 Å². The molecule has 0 aliphatic heterocycles. The van der Waals surface area contributed by atoms with E-state index in [-0.39, 0.29) is 12.1 Å². The van der Waals surface area contributed by atoms with Crippen LogP contribution in [0.1, 0.15) is 37.6 Å². The fraction of sp³-hybridized carbons (Fsp3) is 0.375. The molecule has 1 unspecified atom stereocenters. The number of hydrogen-bond donors (Lipinski definition) is 0. The summed E-state index contributed by atoms with van der Waals surface area (Å²) in [7, 11) is 0. The molecule has 0 bridgehead atoms. The number of benzene rings is 1. The lowest BCUT2D eigenvalue weighted by atomic mass is 10.1. The SMILES string of the molecule is CC(C)CC(C)OC(=O)c1cnc(Cl)c2ccccc12. The van der Waals surface area contributed by atoms with E-state index in [0.29, 0.717) is 16.6 Å². The summed E-state index contributed by atoms with van der Waals surface area (Å²) in [6, 6.07) is 7.44. The average Bonchev–Trinajstić information content (AvgIpc) is 2.38. The van der Waals surface area contributed by atoms with Gasteiger partial charge in [-0.3, -0.25) is 0 Å². The molecule has 106 valence electrons. The first-order valence-electron chi connectivity index (χ1n) is 6.73. The molecule has 0 saturated heterocycles. The first-order valence-corrected chi connectivity index (χ1v) is 7.11. The molecule has 0 N–H and O–H groups in total. The third-order valence-corrected chi connectivity index (χ3v) is 3.38. The molecule has 1 aromatic carbocycles. The van der Waals surface area contributed by atoms with E-state index < -0.39 is 0 Å². The summed E-state index contributed by atoms with van der Waals surface area (Å²) in [4.78, 5) is 16.3. The van der Waals surface area contributed by atoms with Crippen molar-refractivity contribution in [2.75, 3.05) is 0 Å². The van der Waals surface area contributed by atoms with Crippen LogP contribution in [0, 0.1) is 5.92 Å². The predicted octanol–water partition coefficient (Wildman–Crippen LogP) is 4.48. The van der Waals surface area contributed by atoms with Crippen LogP contribution in [0.15, 0.2) is 30.5 Å². The molecule has 0 aliphatic rings. The Morgan fingerprint density at radius 1 is 1.25 bits per heavy atom. The van der Waals surface area contributed by atoms with Crippen molar-refractivity contribution in [1.82, 2.24) is 4.98 Å². The number of halogens is 1. The third-order valence-electron chi connectivity index (χ3n) is 3.08. The van der Waals surface area contributed by atoms with E-state index in [1.807, 2.05) is 31.2 Å².